The van der Waals surface area contributed by atoms with E-state index in [1.807, 2.05) is 6.20 Å². The van der Waals surface area contributed by atoms with Gasteiger partial charge in [0.05, 0.1) is 13.3 Å². The number of nitrogens with one attached hydrogen (secondary N) is 1. The normalized spacial score (nSPS) is 12.4. The third-order valence-corrected chi connectivity index (χ3v) is 3.11. The van der Waals surface area contributed by atoms with E-state index < -0.39 is 0 Å². The Balaban J connectivity index is 2.44. The molecule has 0 saturated carbocycles. The van der Waals surface area contributed by atoms with Crippen molar-refractivity contribution in [2.45, 2.75) is 52.0 Å². The molecule has 0 bridgehead atoms. The van der Waals surface area contributed by atoms with Gasteiger partial charge in [-0.05, 0) is 43.9 Å². The Morgan fingerprint density at radius 1 is 1.22 bits per heavy atom. The molecule has 0 aliphatic heterocycles. The van der Waals surface area contributed by atoms with Crippen molar-refractivity contribution in [2.75, 3.05) is 13.7 Å². The van der Waals surface area contributed by atoms with Crippen LogP contribution in [-0.4, -0.2) is 24.7 Å². The molecule has 0 amide bonds. The Morgan fingerprint density at radius 2 is 2.06 bits per heavy atom. The summed E-state index contributed by atoms with van der Waals surface area (Å²) in [6.07, 6.45) is 9.60. The van der Waals surface area contributed by atoms with Crippen LogP contribution in [0.25, 0.3) is 0 Å². The first-order valence-corrected chi connectivity index (χ1v) is 7.01. The van der Waals surface area contributed by atoms with Crippen molar-refractivity contribution < 1.29 is 4.74 Å². The number of hydrogen-bond acceptors (Lipinski definition) is 3. The van der Waals surface area contributed by atoms with Gasteiger partial charge in [-0.2, -0.15) is 0 Å². The van der Waals surface area contributed by atoms with Crippen LogP contribution in [0.5, 0.6) is 5.75 Å². The largest absolute Gasteiger partial charge is 0.495 e. The summed E-state index contributed by atoms with van der Waals surface area (Å²) >= 11 is 0. The molecule has 102 valence electrons. The maximum absolute atomic E-state index is 5.20. The van der Waals surface area contributed by atoms with Gasteiger partial charge >= 0.3 is 0 Å². The van der Waals surface area contributed by atoms with Gasteiger partial charge in [0.25, 0.3) is 0 Å². The molecule has 1 N–H and O–H groups in total. The number of rotatable bonds is 9. The Labute approximate surface area is 111 Å². The van der Waals surface area contributed by atoms with E-state index in [1.165, 1.54) is 31.2 Å². The molecule has 3 heteroatoms. The van der Waals surface area contributed by atoms with Gasteiger partial charge in [0.1, 0.15) is 5.75 Å². The maximum Gasteiger partial charge on any atom is 0.137 e. The van der Waals surface area contributed by atoms with E-state index in [0.717, 1.165) is 18.7 Å². The highest BCUT2D eigenvalue weighted by Crippen LogP contribution is 2.13. The standard InChI is InChI=1S/C15H26N2O/c1-4-6-14(17-9-5-2)8-7-13-10-15(18-3)12-16-11-13/h10-12,14,17H,4-9H2,1-3H3. The van der Waals surface area contributed by atoms with Gasteiger partial charge in [0.2, 0.25) is 0 Å². The Bertz CT molecular complexity index is 328. The zero-order valence-electron chi connectivity index (χ0n) is 11.9. The molecule has 18 heavy (non-hydrogen) atoms. The summed E-state index contributed by atoms with van der Waals surface area (Å²) in [6.45, 7) is 5.57. The summed E-state index contributed by atoms with van der Waals surface area (Å²) < 4.78 is 5.20. The van der Waals surface area contributed by atoms with Crippen molar-refractivity contribution in [1.82, 2.24) is 10.3 Å². The third-order valence-electron chi connectivity index (χ3n) is 3.11. The fourth-order valence-electron chi connectivity index (χ4n) is 2.10. The highest BCUT2D eigenvalue weighted by atomic mass is 16.5. The average molecular weight is 250 g/mol. The van der Waals surface area contributed by atoms with Crippen molar-refractivity contribution in [1.29, 1.82) is 0 Å². The number of aromatic nitrogens is 1. The first kappa shape index (κ1) is 15.0. The Kier molecular flexibility index (Phi) is 7.42. The van der Waals surface area contributed by atoms with Gasteiger partial charge in [-0.1, -0.05) is 20.3 Å². The van der Waals surface area contributed by atoms with Gasteiger partial charge in [0.15, 0.2) is 0 Å². The maximum atomic E-state index is 5.20. The number of nitrogens with zero attached hydrogens (tertiary/aromatic N) is 1. The van der Waals surface area contributed by atoms with Crippen LogP contribution in [0.1, 0.15) is 45.1 Å². The smallest absolute Gasteiger partial charge is 0.137 e. The fraction of sp³-hybridized carbons (Fsp3) is 0.667. The van der Waals surface area contributed by atoms with Crippen molar-refractivity contribution in [3.63, 3.8) is 0 Å². The molecule has 0 aliphatic rings. The van der Waals surface area contributed by atoms with Crippen LogP contribution in [-0.2, 0) is 6.42 Å². The minimum atomic E-state index is 0.626. The molecule has 1 atom stereocenters. The van der Waals surface area contributed by atoms with E-state index in [0.29, 0.717) is 6.04 Å². The number of pyridine rings is 1. The lowest BCUT2D eigenvalue weighted by atomic mass is 10.0. The predicted octanol–water partition coefficient (Wildman–Crippen LogP) is 3.19. The third kappa shape index (κ3) is 5.50. The average Bonchev–Trinajstić information content (AvgIpc) is 2.42. The van der Waals surface area contributed by atoms with Crippen LogP contribution in [0.2, 0.25) is 0 Å². The highest BCUT2D eigenvalue weighted by molar-refractivity contribution is 5.23. The SMILES string of the molecule is CCCNC(CCC)CCc1cncc(OC)c1. The van der Waals surface area contributed by atoms with E-state index in [-0.39, 0.29) is 0 Å². The molecule has 1 unspecified atom stereocenters. The van der Waals surface area contributed by atoms with Crippen LogP contribution < -0.4 is 10.1 Å². The fourth-order valence-corrected chi connectivity index (χ4v) is 2.10. The first-order valence-electron chi connectivity index (χ1n) is 7.01. The lowest BCUT2D eigenvalue weighted by Crippen LogP contribution is -2.30. The first-order chi connectivity index (χ1) is 8.80. The predicted molar refractivity (Wildman–Crippen MR) is 76.1 cm³/mol. The summed E-state index contributed by atoms with van der Waals surface area (Å²) in [6, 6.07) is 2.71. The molecule has 1 aromatic rings. The van der Waals surface area contributed by atoms with E-state index >= 15 is 0 Å². The molecule has 0 fully saturated rings. The molecule has 1 aromatic heterocycles. The van der Waals surface area contributed by atoms with E-state index in [2.05, 4.69) is 30.2 Å². The van der Waals surface area contributed by atoms with Crippen LogP contribution in [0.4, 0.5) is 0 Å². The molecule has 3 nitrogen and oxygen atoms in total. The molecular weight excluding hydrogens is 224 g/mol. The Hall–Kier alpha value is -1.09. The second kappa shape index (κ2) is 8.92. The molecule has 0 spiro atoms. The quantitative estimate of drug-likeness (QED) is 0.731. The molecule has 1 heterocycles. The summed E-state index contributed by atoms with van der Waals surface area (Å²) in [5.41, 5.74) is 1.26. The lowest BCUT2D eigenvalue weighted by Gasteiger charge is -2.17. The minimum absolute atomic E-state index is 0.626. The number of methoxy groups -OCH3 is 1. The molecule has 0 aliphatic carbocycles. The Morgan fingerprint density at radius 3 is 2.72 bits per heavy atom. The van der Waals surface area contributed by atoms with Crippen LogP contribution in [0.3, 0.4) is 0 Å². The summed E-state index contributed by atoms with van der Waals surface area (Å²) in [7, 11) is 1.68. The van der Waals surface area contributed by atoms with E-state index in [9.17, 15) is 0 Å². The molecular formula is C15H26N2O. The lowest BCUT2D eigenvalue weighted by molar-refractivity contribution is 0.411. The second-order valence-electron chi connectivity index (χ2n) is 4.71. The number of aryl methyl sites for hydroxylation is 1. The topological polar surface area (TPSA) is 34.2 Å². The van der Waals surface area contributed by atoms with Crippen molar-refractivity contribution in [3.8, 4) is 5.75 Å². The van der Waals surface area contributed by atoms with Gasteiger partial charge in [-0.15, -0.1) is 0 Å². The van der Waals surface area contributed by atoms with Gasteiger partial charge < -0.3 is 10.1 Å². The molecule has 0 aromatic carbocycles. The van der Waals surface area contributed by atoms with E-state index in [4.69, 9.17) is 4.74 Å². The van der Waals surface area contributed by atoms with Gasteiger partial charge in [0, 0.05) is 12.2 Å². The van der Waals surface area contributed by atoms with Crippen LogP contribution >= 0.6 is 0 Å². The minimum Gasteiger partial charge on any atom is -0.495 e. The van der Waals surface area contributed by atoms with Crippen molar-refractivity contribution in [2.24, 2.45) is 0 Å². The highest BCUT2D eigenvalue weighted by Gasteiger charge is 2.07. The van der Waals surface area contributed by atoms with Gasteiger partial charge in [-0.25, -0.2) is 0 Å². The summed E-state index contributed by atoms with van der Waals surface area (Å²) in [5.74, 6) is 0.848. The molecule has 0 radical (unpaired) electrons. The van der Waals surface area contributed by atoms with Crippen LogP contribution in [0.15, 0.2) is 18.5 Å². The molecule has 0 saturated heterocycles. The van der Waals surface area contributed by atoms with Crippen LogP contribution in [0, 0.1) is 0 Å². The monoisotopic (exact) mass is 250 g/mol. The summed E-state index contributed by atoms with van der Waals surface area (Å²) in [5, 5.41) is 3.62. The summed E-state index contributed by atoms with van der Waals surface area (Å²) in [4.78, 5) is 4.20. The van der Waals surface area contributed by atoms with Crippen molar-refractivity contribution >= 4 is 0 Å². The number of hydrogen-bond donors (Lipinski definition) is 1. The van der Waals surface area contributed by atoms with Gasteiger partial charge in [-0.3, -0.25) is 4.98 Å². The molecule has 1 rings (SSSR count). The zero-order valence-corrected chi connectivity index (χ0v) is 11.9. The number of ether oxygens (including phenoxy) is 1. The zero-order chi connectivity index (χ0) is 13.2. The second-order valence-corrected chi connectivity index (χ2v) is 4.71. The van der Waals surface area contributed by atoms with E-state index in [1.54, 1.807) is 13.3 Å². The van der Waals surface area contributed by atoms with Crippen molar-refractivity contribution in [3.05, 3.63) is 24.0 Å².